The maximum absolute atomic E-state index is 5.54. The lowest BCUT2D eigenvalue weighted by Gasteiger charge is -2.40. The molecule has 0 amide bonds. The van der Waals surface area contributed by atoms with Gasteiger partial charge in [0.2, 0.25) is 0 Å². The SMILES string of the molecule is CC(C)N(CCN)C1CCC1. The van der Waals surface area contributed by atoms with E-state index in [1.807, 2.05) is 0 Å². The minimum Gasteiger partial charge on any atom is -0.329 e. The molecule has 11 heavy (non-hydrogen) atoms. The Kier molecular flexibility index (Phi) is 3.34. The highest BCUT2D eigenvalue weighted by Crippen LogP contribution is 2.25. The van der Waals surface area contributed by atoms with Gasteiger partial charge in [-0.05, 0) is 26.7 Å². The third-order valence-corrected chi connectivity index (χ3v) is 2.59. The van der Waals surface area contributed by atoms with Gasteiger partial charge in [0.25, 0.3) is 0 Å². The van der Waals surface area contributed by atoms with E-state index in [0.717, 1.165) is 19.1 Å². The second kappa shape index (κ2) is 4.07. The van der Waals surface area contributed by atoms with Crippen molar-refractivity contribution in [3.05, 3.63) is 0 Å². The van der Waals surface area contributed by atoms with Gasteiger partial charge in [-0.2, -0.15) is 0 Å². The van der Waals surface area contributed by atoms with Crippen LogP contribution in [0.5, 0.6) is 0 Å². The molecular weight excluding hydrogens is 136 g/mol. The Morgan fingerprint density at radius 2 is 2.09 bits per heavy atom. The molecule has 0 atom stereocenters. The van der Waals surface area contributed by atoms with Crippen molar-refractivity contribution < 1.29 is 0 Å². The predicted molar refractivity (Wildman–Crippen MR) is 48.5 cm³/mol. The molecule has 66 valence electrons. The monoisotopic (exact) mass is 156 g/mol. The summed E-state index contributed by atoms with van der Waals surface area (Å²) in [6, 6.07) is 1.52. The lowest BCUT2D eigenvalue weighted by molar-refractivity contribution is 0.0982. The van der Waals surface area contributed by atoms with Gasteiger partial charge in [0.05, 0.1) is 0 Å². The molecule has 1 fully saturated rings. The molecule has 0 aromatic heterocycles. The molecule has 1 saturated carbocycles. The number of hydrogen-bond donors (Lipinski definition) is 1. The van der Waals surface area contributed by atoms with Crippen molar-refractivity contribution in [2.45, 2.75) is 45.2 Å². The molecule has 1 rings (SSSR count). The molecule has 0 spiro atoms. The minimum absolute atomic E-state index is 0.670. The fourth-order valence-electron chi connectivity index (χ4n) is 1.73. The zero-order valence-electron chi connectivity index (χ0n) is 7.71. The topological polar surface area (TPSA) is 29.3 Å². The van der Waals surface area contributed by atoms with Crippen LogP contribution in [-0.2, 0) is 0 Å². The lowest BCUT2D eigenvalue weighted by Crippen LogP contribution is -2.46. The molecule has 0 unspecified atom stereocenters. The van der Waals surface area contributed by atoms with Gasteiger partial charge in [-0.1, -0.05) is 6.42 Å². The van der Waals surface area contributed by atoms with Crippen molar-refractivity contribution in [3.63, 3.8) is 0 Å². The van der Waals surface area contributed by atoms with Crippen molar-refractivity contribution in [2.75, 3.05) is 13.1 Å². The highest BCUT2D eigenvalue weighted by Gasteiger charge is 2.25. The molecule has 0 bridgehead atoms. The zero-order chi connectivity index (χ0) is 8.27. The molecule has 2 heteroatoms. The molecule has 2 N–H and O–H groups in total. The summed E-state index contributed by atoms with van der Waals surface area (Å²) in [5.41, 5.74) is 5.54. The molecule has 0 aromatic carbocycles. The molecule has 1 aliphatic carbocycles. The first-order valence-corrected chi connectivity index (χ1v) is 4.71. The Balaban J connectivity index is 2.31. The molecule has 0 aliphatic heterocycles. The Hall–Kier alpha value is -0.0800. The van der Waals surface area contributed by atoms with Crippen molar-refractivity contribution in [1.29, 1.82) is 0 Å². The summed E-state index contributed by atoms with van der Waals surface area (Å²) in [6.45, 7) is 6.39. The maximum atomic E-state index is 5.54. The number of hydrogen-bond acceptors (Lipinski definition) is 2. The van der Waals surface area contributed by atoms with Crippen LogP contribution in [0.25, 0.3) is 0 Å². The standard InChI is InChI=1S/C9H20N2/c1-8(2)11(7-6-10)9-4-3-5-9/h8-9H,3-7,10H2,1-2H3. The average molecular weight is 156 g/mol. The van der Waals surface area contributed by atoms with E-state index in [1.54, 1.807) is 0 Å². The highest BCUT2D eigenvalue weighted by atomic mass is 15.2. The van der Waals surface area contributed by atoms with E-state index in [1.165, 1.54) is 19.3 Å². The number of nitrogens with two attached hydrogens (primary N) is 1. The molecule has 0 saturated heterocycles. The lowest BCUT2D eigenvalue weighted by atomic mass is 9.90. The summed E-state index contributed by atoms with van der Waals surface area (Å²) in [5, 5.41) is 0. The average Bonchev–Trinajstić information content (AvgIpc) is 1.82. The van der Waals surface area contributed by atoms with E-state index in [-0.39, 0.29) is 0 Å². The van der Waals surface area contributed by atoms with Crippen molar-refractivity contribution >= 4 is 0 Å². The molecule has 1 aliphatic rings. The number of nitrogens with zero attached hydrogens (tertiary/aromatic N) is 1. The second-order valence-electron chi connectivity index (χ2n) is 3.70. The van der Waals surface area contributed by atoms with E-state index in [4.69, 9.17) is 5.73 Å². The van der Waals surface area contributed by atoms with Gasteiger partial charge >= 0.3 is 0 Å². The van der Waals surface area contributed by atoms with E-state index in [0.29, 0.717) is 6.04 Å². The van der Waals surface area contributed by atoms with Crippen LogP contribution < -0.4 is 5.73 Å². The first kappa shape index (κ1) is 9.01. The van der Waals surface area contributed by atoms with Crippen LogP contribution in [0.2, 0.25) is 0 Å². The van der Waals surface area contributed by atoms with Gasteiger partial charge in [0, 0.05) is 25.2 Å². The Morgan fingerprint density at radius 1 is 1.45 bits per heavy atom. The van der Waals surface area contributed by atoms with Gasteiger partial charge < -0.3 is 5.73 Å². The summed E-state index contributed by atoms with van der Waals surface area (Å²) in [4.78, 5) is 2.53. The quantitative estimate of drug-likeness (QED) is 0.663. The van der Waals surface area contributed by atoms with Crippen LogP contribution >= 0.6 is 0 Å². The van der Waals surface area contributed by atoms with Crippen LogP contribution in [0.15, 0.2) is 0 Å². The smallest absolute Gasteiger partial charge is 0.0110 e. The van der Waals surface area contributed by atoms with Gasteiger partial charge in [-0.3, -0.25) is 4.90 Å². The largest absolute Gasteiger partial charge is 0.329 e. The molecule has 0 heterocycles. The second-order valence-corrected chi connectivity index (χ2v) is 3.70. The maximum Gasteiger partial charge on any atom is 0.0110 e. The predicted octanol–water partition coefficient (Wildman–Crippen LogP) is 1.21. The zero-order valence-corrected chi connectivity index (χ0v) is 7.71. The molecule has 0 radical (unpaired) electrons. The first-order chi connectivity index (χ1) is 5.25. The van der Waals surface area contributed by atoms with Crippen LogP contribution in [0.3, 0.4) is 0 Å². The van der Waals surface area contributed by atoms with Gasteiger partial charge in [-0.25, -0.2) is 0 Å². The van der Waals surface area contributed by atoms with Crippen molar-refractivity contribution in [3.8, 4) is 0 Å². The Bertz CT molecular complexity index is 108. The van der Waals surface area contributed by atoms with Crippen molar-refractivity contribution in [2.24, 2.45) is 5.73 Å². The van der Waals surface area contributed by atoms with E-state index in [9.17, 15) is 0 Å². The first-order valence-electron chi connectivity index (χ1n) is 4.71. The van der Waals surface area contributed by atoms with Crippen molar-refractivity contribution in [1.82, 2.24) is 4.90 Å². The summed E-state index contributed by atoms with van der Waals surface area (Å²) in [5.74, 6) is 0. The number of rotatable bonds is 4. The Labute approximate surface area is 69.8 Å². The van der Waals surface area contributed by atoms with E-state index < -0.39 is 0 Å². The van der Waals surface area contributed by atoms with Gasteiger partial charge in [0.1, 0.15) is 0 Å². The van der Waals surface area contributed by atoms with Gasteiger partial charge in [-0.15, -0.1) is 0 Å². The van der Waals surface area contributed by atoms with Gasteiger partial charge in [0.15, 0.2) is 0 Å². The Morgan fingerprint density at radius 3 is 2.36 bits per heavy atom. The third-order valence-electron chi connectivity index (χ3n) is 2.59. The summed E-state index contributed by atoms with van der Waals surface area (Å²) in [7, 11) is 0. The van der Waals surface area contributed by atoms with E-state index >= 15 is 0 Å². The molecule has 0 aromatic rings. The normalized spacial score (nSPS) is 19.4. The van der Waals surface area contributed by atoms with Crippen LogP contribution in [0.4, 0.5) is 0 Å². The van der Waals surface area contributed by atoms with E-state index in [2.05, 4.69) is 18.7 Å². The summed E-state index contributed by atoms with van der Waals surface area (Å²) in [6.07, 6.45) is 4.19. The fraction of sp³-hybridized carbons (Fsp3) is 1.00. The summed E-state index contributed by atoms with van der Waals surface area (Å²) >= 11 is 0. The molecule has 2 nitrogen and oxygen atoms in total. The third kappa shape index (κ3) is 2.17. The summed E-state index contributed by atoms with van der Waals surface area (Å²) < 4.78 is 0. The minimum atomic E-state index is 0.670. The van der Waals surface area contributed by atoms with Crippen LogP contribution in [-0.4, -0.2) is 30.1 Å². The van der Waals surface area contributed by atoms with Crippen LogP contribution in [0, 0.1) is 0 Å². The van der Waals surface area contributed by atoms with Crippen LogP contribution in [0.1, 0.15) is 33.1 Å². The fourth-order valence-corrected chi connectivity index (χ4v) is 1.73. The highest BCUT2D eigenvalue weighted by molar-refractivity contribution is 4.81. The molecular formula is C9H20N2.